The van der Waals surface area contributed by atoms with Gasteiger partial charge < -0.3 is 0 Å². The third kappa shape index (κ3) is 7.31. The molecule has 0 spiro atoms. The topological polar surface area (TPSA) is 0 Å². The molecule has 2 heteroatoms. The number of rotatable bonds is 7. The van der Waals surface area contributed by atoms with Gasteiger partial charge >= 0.3 is 0 Å². The van der Waals surface area contributed by atoms with E-state index in [0.717, 1.165) is 25.2 Å². The van der Waals surface area contributed by atoms with Crippen molar-refractivity contribution in [3.8, 4) is 23.7 Å². The first-order chi connectivity index (χ1) is 10.7. The van der Waals surface area contributed by atoms with Crippen LogP contribution in [0, 0.1) is 23.7 Å². The van der Waals surface area contributed by atoms with E-state index in [1.807, 2.05) is 6.07 Å². The summed E-state index contributed by atoms with van der Waals surface area (Å²) in [6, 6.07) is 8.82. The van der Waals surface area contributed by atoms with Gasteiger partial charge in [0.25, 0.3) is 0 Å². The SMILES string of the molecule is CCCCC#CCP(=S)(CC#CCCCC)c1ccccc1. The Labute approximate surface area is 142 Å². The zero-order valence-corrected chi connectivity index (χ0v) is 15.6. The zero-order valence-electron chi connectivity index (χ0n) is 13.9. The van der Waals surface area contributed by atoms with Crippen LogP contribution in [-0.4, -0.2) is 12.3 Å². The lowest BCUT2D eigenvalue weighted by Crippen LogP contribution is -2.09. The Morgan fingerprint density at radius 2 is 1.32 bits per heavy atom. The average Bonchev–Trinajstić information content (AvgIpc) is 2.55. The van der Waals surface area contributed by atoms with E-state index in [4.69, 9.17) is 11.8 Å². The van der Waals surface area contributed by atoms with Crippen LogP contribution in [0.1, 0.15) is 52.4 Å². The van der Waals surface area contributed by atoms with Crippen molar-refractivity contribution in [2.24, 2.45) is 0 Å². The van der Waals surface area contributed by atoms with Crippen LogP contribution in [0.25, 0.3) is 0 Å². The Kier molecular flexibility index (Phi) is 9.99. The fourth-order valence-corrected chi connectivity index (χ4v) is 4.69. The molecular formula is C20H27PS. The maximum absolute atomic E-state index is 6.03. The molecular weight excluding hydrogens is 303 g/mol. The molecule has 0 aliphatic rings. The second kappa shape index (κ2) is 11.5. The van der Waals surface area contributed by atoms with Crippen LogP contribution in [0.15, 0.2) is 30.3 Å². The standard InChI is InChI=1S/C20H27PS/c1-3-5-7-9-14-18-21(22,19-15-10-8-6-4-2)20-16-12-11-13-17-20/h11-13,16-17H,3-8,18-19H2,1-2H3. The van der Waals surface area contributed by atoms with Crippen LogP contribution in [0.4, 0.5) is 0 Å². The Bertz CT molecular complexity index is 549. The summed E-state index contributed by atoms with van der Waals surface area (Å²) in [5.41, 5.74) is 0. The summed E-state index contributed by atoms with van der Waals surface area (Å²) >= 11 is 6.03. The Morgan fingerprint density at radius 1 is 0.818 bits per heavy atom. The average molecular weight is 330 g/mol. The van der Waals surface area contributed by atoms with E-state index < -0.39 is 6.04 Å². The first kappa shape index (κ1) is 19.0. The fourth-order valence-electron chi connectivity index (χ4n) is 2.01. The van der Waals surface area contributed by atoms with E-state index in [1.54, 1.807) is 0 Å². The van der Waals surface area contributed by atoms with Crippen LogP contribution in [-0.2, 0) is 11.8 Å². The number of hydrogen-bond acceptors (Lipinski definition) is 1. The highest BCUT2D eigenvalue weighted by Gasteiger charge is 2.16. The molecule has 0 atom stereocenters. The van der Waals surface area contributed by atoms with Gasteiger partial charge in [0.1, 0.15) is 0 Å². The van der Waals surface area contributed by atoms with Gasteiger partial charge in [-0.05, 0) is 18.1 Å². The van der Waals surface area contributed by atoms with E-state index in [0.29, 0.717) is 0 Å². The second-order valence-corrected chi connectivity index (χ2v) is 10.5. The third-order valence-corrected chi connectivity index (χ3v) is 7.44. The van der Waals surface area contributed by atoms with Crippen molar-refractivity contribution in [3.05, 3.63) is 30.3 Å². The quantitative estimate of drug-likeness (QED) is 0.377. The molecule has 1 aromatic rings. The zero-order chi connectivity index (χ0) is 16.1. The summed E-state index contributed by atoms with van der Waals surface area (Å²) in [5.74, 6) is 13.2. The lowest BCUT2D eigenvalue weighted by atomic mass is 10.3. The summed E-state index contributed by atoms with van der Waals surface area (Å²) < 4.78 is 0. The molecule has 1 aromatic carbocycles. The van der Waals surface area contributed by atoms with E-state index in [2.05, 4.69) is 61.8 Å². The highest BCUT2D eigenvalue weighted by molar-refractivity contribution is 8.18. The van der Waals surface area contributed by atoms with Gasteiger partial charge in [0.2, 0.25) is 0 Å². The van der Waals surface area contributed by atoms with Crippen molar-refractivity contribution in [3.63, 3.8) is 0 Å². The fraction of sp³-hybridized carbons (Fsp3) is 0.500. The summed E-state index contributed by atoms with van der Waals surface area (Å²) in [6.45, 7) is 4.39. The smallest absolute Gasteiger partial charge is 0.0428 e. The maximum Gasteiger partial charge on any atom is 0.0428 e. The summed E-state index contributed by atoms with van der Waals surface area (Å²) in [7, 11) is 0. The molecule has 118 valence electrons. The molecule has 0 fully saturated rings. The monoisotopic (exact) mass is 330 g/mol. The molecule has 1 rings (SSSR count). The predicted molar refractivity (Wildman–Crippen MR) is 105 cm³/mol. The molecule has 0 heterocycles. The van der Waals surface area contributed by atoms with Crippen molar-refractivity contribution in [1.82, 2.24) is 0 Å². The molecule has 0 amide bonds. The third-order valence-electron chi connectivity index (χ3n) is 3.46. The van der Waals surface area contributed by atoms with Crippen LogP contribution in [0.5, 0.6) is 0 Å². The molecule has 0 aliphatic carbocycles. The van der Waals surface area contributed by atoms with Crippen LogP contribution >= 0.6 is 6.04 Å². The van der Waals surface area contributed by atoms with E-state index in [-0.39, 0.29) is 0 Å². The van der Waals surface area contributed by atoms with Gasteiger partial charge in [0, 0.05) is 31.2 Å². The molecule has 0 aliphatic heterocycles. The summed E-state index contributed by atoms with van der Waals surface area (Å²) in [4.78, 5) is 0. The lowest BCUT2D eigenvalue weighted by molar-refractivity contribution is 0.828. The minimum absolute atomic E-state index is 0.818. The van der Waals surface area contributed by atoms with Gasteiger partial charge in [-0.25, -0.2) is 0 Å². The van der Waals surface area contributed by atoms with Crippen molar-refractivity contribution in [1.29, 1.82) is 0 Å². The Morgan fingerprint density at radius 3 is 1.77 bits per heavy atom. The van der Waals surface area contributed by atoms with Crippen molar-refractivity contribution < 1.29 is 0 Å². The van der Waals surface area contributed by atoms with E-state index in [1.165, 1.54) is 31.0 Å². The molecule has 0 bridgehead atoms. The van der Waals surface area contributed by atoms with Gasteiger partial charge in [-0.2, -0.15) is 0 Å². The minimum atomic E-state index is -1.68. The first-order valence-corrected chi connectivity index (χ1v) is 11.5. The number of hydrogen-bond donors (Lipinski definition) is 0. The Hall–Kier alpha value is -1.01. The number of unbranched alkanes of at least 4 members (excludes halogenated alkanes) is 4. The van der Waals surface area contributed by atoms with Crippen molar-refractivity contribution in [2.45, 2.75) is 52.4 Å². The highest BCUT2D eigenvalue weighted by atomic mass is 32.4. The molecule has 0 unspecified atom stereocenters. The lowest BCUT2D eigenvalue weighted by Gasteiger charge is -2.17. The van der Waals surface area contributed by atoms with Gasteiger partial charge in [-0.15, -0.1) is 11.8 Å². The summed E-state index contributed by atoms with van der Waals surface area (Å²) in [5, 5.41) is 1.28. The molecule has 0 saturated heterocycles. The van der Waals surface area contributed by atoms with Crippen molar-refractivity contribution in [2.75, 3.05) is 12.3 Å². The maximum atomic E-state index is 6.03. The van der Waals surface area contributed by atoms with Gasteiger partial charge in [-0.3, -0.25) is 0 Å². The van der Waals surface area contributed by atoms with Crippen LogP contribution in [0.3, 0.4) is 0 Å². The van der Waals surface area contributed by atoms with E-state index >= 15 is 0 Å². The molecule has 0 radical (unpaired) electrons. The van der Waals surface area contributed by atoms with Gasteiger partial charge in [0.05, 0.1) is 0 Å². The van der Waals surface area contributed by atoms with Gasteiger partial charge in [-0.1, -0.05) is 80.7 Å². The highest BCUT2D eigenvalue weighted by Crippen LogP contribution is 2.43. The predicted octanol–water partition coefficient (Wildman–Crippen LogP) is 5.18. The van der Waals surface area contributed by atoms with Gasteiger partial charge in [0.15, 0.2) is 0 Å². The molecule has 0 aromatic heterocycles. The van der Waals surface area contributed by atoms with Crippen molar-refractivity contribution >= 4 is 23.1 Å². The first-order valence-electron chi connectivity index (χ1n) is 8.28. The molecule has 22 heavy (non-hydrogen) atoms. The minimum Gasteiger partial charge on any atom is -0.103 e. The molecule has 0 N–H and O–H groups in total. The molecule has 0 saturated carbocycles. The largest absolute Gasteiger partial charge is 0.103 e. The normalized spacial score (nSPS) is 10.3. The van der Waals surface area contributed by atoms with Crippen LogP contribution < -0.4 is 5.30 Å². The second-order valence-electron chi connectivity index (χ2n) is 5.46. The van der Waals surface area contributed by atoms with E-state index in [9.17, 15) is 0 Å². The van der Waals surface area contributed by atoms with Crippen LogP contribution in [0.2, 0.25) is 0 Å². The number of benzene rings is 1. The Balaban J connectivity index is 2.78. The molecule has 0 nitrogen and oxygen atoms in total. The summed E-state index contributed by atoms with van der Waals surface area (Å²) in [6.07, 6.45) is 8.37.